The SMILES string of the molecule is O=c1c2ccccc2nc2nc(-c3ccccc3)c3cc(-n4c5ccccc5c5cc(-c6ccc7c(c6)c6ccccc6n7-c6ccccc6)ccc54)ccc3n12. The standard InChI is InChI=1S/C51H31N5O/c57-50-39-19-7-10-20-43(39)52-51-53-49(32-13-3-1-4-14-32)42-31-36(25-28-48(42)56(50)51)55-45-22-12-9-18-38(45)41-30-34(24-27-47(41)55)33-23-26-46-40(29-33)37-17-8-11-21-44(37)54(46)35-15-5-2-6-16-35/h1-31H. The molecule has 0 fully saturated rings. The van der Waals surface area contributed by atoms with E-state index in [4.69, 9.17) is 9.97 Å². The van der Waals surface area contributed by atoms with Gasteiger partial charge in [0.05, 0.1) is 44.2 Å². The van der Waals surface area contributed by atoms with Crippen molar-refractivity contribution in [2.45, 2.75) is 0 Å². The van der Waals surface area contributed by atoms with E-state index < -0.39 is 0 Å². The number of benzene rings is 8. The predicted octanol–water partition coefficient (Wildman–Crippen LogP) is 11.9. The van der Waals surface area contributed by atoms with Gasteiger partial charge in [-0.15, -0.1) is 0 Å². The van der Waals surface area contributed by atoms with Crippen molar-refractivity contribution in [3.05, 3.63) is 198 Å². The van der Waals surface area contributed by atoms with E-state index in [1.807, 2.05) is 48.5 Å². The molecule has 0 aliphatic carbocycles. The van der Waals surface area contributed by atoms with Crippen LogP contribution in [0.2, 0.25) is 0 Å². The topological polar surface area (TPSA) is 57.1 Å². The summed E-state index contributed by atoms with van der Waals surface area (Å²) < 4.78 is 6.33. The molecule has 0 spiro atoms. The lowest BCUT2D eigenvalue weighted by molar-refractivity contribution is 1.07. The van der Waals surface area contributed by atoms with E-state index in [-0.39, 0.29) is 5.56 Å². The molecule has 0 saturated heterocycles. The number of rotatable bonds is 4. The Morgan fingerprint density at radius 3 is 1.54 bits per heavy atom. The molecule has 8 aromatic carbocycles. The number of fused-ring (bicyclic) bond motifs is 10. The van der Waals surface area contributed by atoms with E-state index in [0.29, 0.717) is 16.7 Å². The highest BCUT2D eigenvalue weighted by Gasteiger charge is 2.19. The van der Waals surface area contributed by atoms with Crippen molar-refractivity contribution in [3.8, 4) is 33.8 Å². The summed E-state index contributed by atoms with van der Waals surface area (Å²) in [4.78, 5) is 24.0. The largest absolute Gasteiger partial charge is 0.309 e. The maximum absolute atomic E-state index is 14.0. The molecule has 0 aliphatic rings. The normalized spacial score (nSPS) is 11.9. The fourth-order valence-corrected chi connectivity index (χ4v) is 8.88. The van der Waals surface area contributed by atoms with Crippen LogP contribution in [0.5, 0.6) is 0 Å². The van der Waals surface area contributed by atoms with Crippen LogP contribution in [-0.4, -0.2) is 23.5 Å². The number of nitrogens with zero attached hydrogens (tertiary/aromatic N) is 5. The van der Waals surface area contributed by atoms with Crippen LogP contribution < -0.4 is 5.56 Å². The van der Waals surface area contributed by atoms with E-state index in [1.165, 1.54) is 38.1 Å². The fraction of sp³-hybridized carbons (Fsp3) is 0. The second kappa shape index (κ2) is 12.1. The number of aromatic nitrogens is 5. The lowest BCUT2D eigenvalue weighted by atomic mass is 10.0. The predicted molar refractivity (Wildman–Crippen MR) is 234 cm³/mol. The summed E-state index contributed by atoms with van der Waals surface area (Å²) in [5, 5.41) is 6.23. The van der Waals surface area contributed by atoms with Crippen LogP contribution in [0.15, 0.2) is 193 Å². The van der Waals surface area contributed by atoms with Crippen LogP contribution in [0.4, 0.5) is 0 Å². The molecule has 0 N–H and O–H groups in total. The van der Waals surface area contributed by atoms with Crippen molar-refractivity contribution in [2.75, 3.05) is 0 Å². The Hall–Kier alpha value is -7.83. The Labute approximate surface area is 325 Å². The van der Waals surface area contributed by atoms with Gasteiger partial charge in [-0.3, -0.25) is 4.79 Å². The summed E-state index contributed by atoms with van der Waals surface area (Å²) in [6.45, 7) is 0. The molecule has 0 amide bonds. The van der Waals surface area contributed by atoms with Crippen molar-refractivity contribution in [1.82, 2.24) is 23.5 Å². The summed E-state index contributed by atoms with van der Waals surface area (Å²) in [6.07, 6.45) is 0. The molecular weight excluding hydrogens is 699 g/mol. The van der Waals surface area contributed by atoms with Crippen LogP contribution in [0.25, 0.3) is 105 Å². The van der Waals surface area contributed by atoms with E-state index in [9.17, 15) is 4.79 Å². The molecule has 0 radical (unpaired) electrons. The van der Waals surface area contributed by atoms with E-state index >= 15 is 0 Å². The van der Waals surface area contributed by atoms with E-state index in [1.54, 1.807) is 4.40 Å². The van der Waals surface area contributed by atoms with Gasteiger partial charge in [0.1, 0.15) is 0 Å². The number of hydrogen-bond donors (Lipinski definition) is 0. The lowest BCUT2D eigenvalue weighted by Crippen LogP contribution is -2.17. The summed E-state index contributed by atoms with van der Waals surface area (Å²) in [5.41, 5.74) is 12.0. The zero-order chi connectivity index (χ0) is 37.6. The third-order valence-electron chi connectivity index (χ3n) is 11.4. The molecule has 0 saturated carbocycles. The highest BCUT2D eigenvalue weighted by atomic mass is 16.1. The fourth-order valence-electron chi connectivity index (χ4n) is 8.88. The smallest absolute Gasteiger partial charge is 0.267 e. The zero-order valence-corrected chi connectivity index (χ0v) is 30.5. The molecule has 0 unspecified atom stereocenters. The summed E-state index contributed by atoms with van der Waals surface area (Å²) in [7, 11) is 0. The van der Waals surface area contributed by atoms with Crippen LogP contribution in [0.1, 0.15) is 0 Å². The van der Waals surface area contributed by atoms with Gasteiger partial charge in [0.15, 0.2) is 0 Å². The third kappa shape index (κ3) is 4.68. The molecule has 57 heavy (non-hydrogen) atoms. The molecule has 0 aliphatic heterocycles. The van der Waals surface area contributed by atoms with Gasteiger partial charge in [-0.25, -0.2) is 14.4 Å². The van der Waals surface area contributed by atoms with Gasteiger partial charge in [0.2, 0.25) is 5.78 Å². The average molecular weight is 730 g/mol. The second-order valence-electron chi connectivity index (χ2n) is 14.6. The summed E-state index contributed by atoms with van der Waals surface area (Å²) >= 11 is 0. The second-order valence-corrected chi connectivity index (χ2v) is 14.6. The van der Waals surface area contributed by atoms with E-state index in [2.05, 4.69) is 149 Å². The van der Waals surface area contributed by atoms with Gasteiger partial charge in [-0.2, -0.15) is 0 Å². The Morgan fingerprint density at radius 2 is 0.877 bits per heavy atom. The summed E-state index contributed by atoms with van der Waals surface area (Å²) in [6, 6.07) is 65.4. The van der Waals surface area contributed by atoms with E-state index in [0.717, 1.165) is 50.1 Å². The van der Waals surface area contributed by atoms with Crippen molar-refractivity contribution in [3.63, 3.8) is 0 Å². The third-order valence-corrected chi connectivity index (χ3v) is 11.4. The minimum Gasteiger partial charge on any atom is -0.309 e. The summed E-state index contributed by atoms with van der Waals surface area (Å²) in [5.74, 6) is 0.380. The quantitative estimate of drug-likeness (QED) is 0.134. The Morgan fingerprint density at radius 1 is 0.351 bits per heavy atom. The molecule has 6 heteroatoms. The molecule has 0 bridgehead atoms. The Bertz CT molecular complexity index is 3660. The molecular formula is C51H31N5O. The molecule has 266 valence electrons. The molecule has 12 aromatic rings. The average Bonchev–Trinajstić information content (AvgIpc) is 3.79. The first-order chi connectivity index (χ1) is 28.2. The number of hydrogen-bond acceptors (Lipinski definition) is 3. The minimum atomic E-state index is -0.132. The Kier molecular flexibility index (Phi) is 6.68. The molecule has 4 aromatic heterocycles. The molecule has 6 nitrogen and oxygen atoms in total. The van der Waals surface area contributed by atoms with Gasteiger partial charge in [-0.05, 0) is 90.0 Å². The highest BCUT2D eigenvalue weighted by Crippen LogP contribution is 2.39. The first-order valence-electron chi connectivity index (χ1n) is 19.1. The van der Waals surface area contributed by atoms with Gasteiger partial charge < -0.3 is 9.13 Å². The number of para-hydroxylation sites is 4. The highest BCUT2D eigenvalue weighted by molar-refractivity contribution is 6.13. The van der Waals surface area contributed by atoms with Gasteiger partial charge in [0, 0.05) is 43.9 Å². The van der Waals surface area contributed by atoms with Gasteiger partial charge in [0.25, 0.3) is 5.56 Å². The van der Waals surface area contributed by atoms with Crippen molar-refractivity contribution >= 4 is 71.2 Å². The van der Waals surface area contributed by atoms with Gasteiger partial charge in [-0.1, -0.05) is 109 Å². The van der Waals surface area contributed by atoms with Crippen LogP contribution in [0.3, 0.4) is 0 Å². The maximum Gasteiger partial charge on any atom is 0.267 e. The van der Waals surface area contributed by atoms with Crippen LogP contribution in [0, 0.1) is 0 Å². The van der Waals surface area contributed by atoms with Gasteiger partial charge >= 0.3 is 0 Å². The maximum atomic E-state index is 14.0. The van der Waals surface area contributed by atoms with Crippen LogP contribution in [-0.2, 0) is 0 Å². The van der Waals surface area contributed by atoms with Crippen molar-refractivity contribution in [2.24, 2.45) is 0 Å². The first-order valence-corrected chi connectivity index (χ1v) is 19.1. The Balaban J connectivity index is 1.07. The van der Waals surface area contributed by atoms with Crippen molar-refractivity contribution in [1.29, 1.82) is 0 Å². The molecule has 12 rings (SSSR count). The minimum absolute atomic E-state index is 0.132. The monoisotopic (exact) mass is 729 g/mol. The zero-order valence-electron chi connectivity index (χ0n) is 30.5. The first kappa shape index (κ1) is 31.5. The van der Waals surface area contributed by atoms with Crippen LogP contribution >= 0.6 is 0 Å². The lowest BCUT2D eigenvalue weighted by Gasteiger charge is -2.14. The van der Waals surface area contributed by atoms with Crippen molar-refractivity contribution < 1.29 is 0 Å². The molecule has 4 heterocycles. The molecule has 0 atom stereocenters.